The third-order valence-electron chi connectivity index (χ3n) is 1.62. The van der Waals surface area contributed by atoms with Gasteiger partial charge in [-0.25, -0.2) is 4.98 Å². The highest BCUT2D eigenvalue weighted by Crippen LogP contribution is 2.17. The molecule has 0 saturated heterocycles. The SMILES string of the molecule is CC(C)C(=O)c1c(I)ccnc1F. The zero-order valence-corrected chi connectivity index (χ0v) is 9.50. The van der Waals surface area contributed by atoms with E-state index in [9.17, 15) is 9.18 Å². The summed E-state index contributed by atoms with van der Waals surface area (Å²) in [6.07, 6.45) is 1.36. The first-order valence-corrected chi connectivity index (χ1v) is 4.96. The highest BCUT2D eigenvalue weighted by Gasteiger charge is 2.18. The van der Waals surface area contributed by atoms with Crippen molar-refractivity contribution in [1.82, 2.24) is 4.98 Å². The summed E-state index contributed by atoms with van der Waals surface area (Å²) in [7, 11) is 0. The molecule has 2 nitrogen and oxygen atoms in total. The second-order valence-corrected chi connectivity index (χ2v) is 4.14. The van der Waals surface area contributed by atoms with E-state index in [-0.39, 0.29) is 17.3 Å². The van der Waals surface area contributed by atoms with Crippen molar-refractivity contribution in [2.24, 2.45) is 5.92 Å². The Hall–Kier alpha value is -0.520. The van der Waals surface area contributed by atoms with E-state index in [0.717, 1.165) is 0 Å². The molecule has 4 heteroatoms. The third-order valence-corrected chi connectivity index (χ3v) is 2.52. The molecule has 13 heavy (non-hydrogen) atoms. The molecule has 0 bridgehead atoms. The lowest BCUT2D eigenvalue weighted by Crippen LogP contribution is -2.12. The Balaban J connectivity index is 3.20. The van der Waals surface area contributed by atoms with E-state index in [2.05, 4.69) is 4.98 Å². The van der Waals surface area contributed by atoms with E-state index < -0.39 is 5.95 Å². The van der Waals surface area contributed by atoms with Gasteiger partial charge in [0.15, 0.2) is 5.78 Å². The summed E-state index contributed by atoms with van der Waals surface area (Å²) < 4.78 is 13.7. The van der Waals surface area contributed by atoms with Gasteiger partial charge in [0.25, 0.3) is 0 Å². The lowest BCUT2D eigenvalue weighted by Gasteiger charge is -2.06. The van der Waals surface area contributed by atoms with Crippen molar-refractivity contribution in [2.45, 2.75) is 13.8 Å². The van der Waals surface area contributed by atoms with Gasteiger partial charge in [-0.3, -0.25) is 4.79 Å². The number of rotatable bonds is 2. The molecule has 0 aliphatic carbocycles. The Kier molecular flexibility index (Phi) is 3.35. The van der Waals surface area contributed by atoms with Gasteiger partial charge >= 0.3 is 0 Å². The molecular formula is C9H9FINO. The largest absolute Gasteiger partial charge is 0.294 e. The predicted octanol–water partition coefficient (Wildman–Crippen LogP) is 2.66. The van der Waals surface area contributed by atoms with Crippen LogP contribution in [-0.2, 0) is 0 Å². The van der Waals surface area contributed by atoms with Crippen LogP contribution >= 0.6 is 22.6 Å². The molecule has 0 N–H and O–H groups in total. The van der Waals surface area contributed by atoms with Gasteiger partial charge in [-0.15, -0.1) is 0 Å². The van der Waals surface area contributed by atoms with Crippen LogP contribution in [0, 0.1) is 15.4 Å². The van der Waals surface area contributed by atoms with Crippen LogP contribution in [0.2, 0.25) is 0 Å². The van der Waals surface area contributed by atoms with Crippen molar-refractivity contribution < 1.29 is 9.18 Å². The fourth-order valence-corrected chi connectivity index (χ4v) is 1.57. The molecule has 0 aromatic carbocycles. The van der Waals surface area contributed by atoms with E-state index in [0.29, 0.717) is 3.57 Å². The summed E-state index contributed by atoms with van der Waals surface area (Å²) in [6, 6.07) is 1.62. The Bertz CT molecular complexity index is 318. The fourth-order valence-electron chi connectivity index (χ4n) is 0.923. The van der Waals surface area contributed by atoms with Crippen molar-refractivity contribution in [3.63, 3.8) is 0 Å². The number of halogens is 2. The Morgan fingerprint density at radius 1 is 1.62 bits per heavy atom. The van der Waals surface area contributed by atoms with E-state index in [1.807, 2.05) is 22.6 Å². The third kappa shape index (κ3) is 2.24. The maximum atomic E-state index is 13.1. The minimum Gasteiger partial charge on any atom is -0.294 e. The zero-order valence-electron chi connectivity index (χ0n) is 7.34. The van der Waals surface area contributed by atoms with Crippen LogP contribution in [-0.4, -0.2) is 10.8 Å². The molecule has 0 aliphatic heterocycles. The topological polar surface area (TPSA) is 30.0 Å². The van der Waals surface area contributed by atoms with Crippen molar-refractivity contribution in [1.29, 1.82) is 0 Å². The molecule has 0 unspecified atom stereocenters. The van der Waals surface area contributed by atoms with Gasteiger partial charge in [0.2, 0.25) is 5.95 Å². The van der Waals surface area contributed by atoms with Crippen LogP contribution in [0.4, 0.5) is 4.39 Å². The molecule has 0 fully saturated rings. The lowest BCUT2D eigenvalue weighted by atomic mass is 10.0. The number of Topliss-reactive ketones (excluding diaryl/α,β-unsaturated/α-hetero) is 1. The average Bonchev–Trinajstić information content (AvgIpc) is 2.03. The van der Waals surface area contributed by atoms with Gasteiger partial charge in [0, 0.05) is 15.7 Å². The minimum atomic E-state index is -0.675. The first-order valence-electron chi connectivity index (χ1n) is 3.88. The van der Waals surface area contributed by atoms with Crippen LogP contribution in [0.3, 0.4) is 0 Å². The summed E-state index contributed by atoms with van der Waals surface area (Å²) in [5, 5.41) is 0. The molecular weight excluding hydrogens is 284 g/mol. The number of nitrogens with zero attached hydrogens (tertiary/aromatic N) is 1. The highest BCUT2D eigenvalue weighted by molar-refractivity contribution is 14.1. The van der Waals surface area contributed by atoms with Crippen LogP contribution in [0.1, 0.15) is 24.2 Å². The van der Waals surface area contributed by atoms with E-state index in [1.165, 1.54) is 6.20 Å². The zero-order chi connectivity index (χ0) is 10.0. The molecule has 0 amide bonds. The van der Waals surface area contributed by atoms with Gasteiger partial charge < -0.3 is 0 Å². The molecule has 1 aromatic heterocycles. The van der Waals surface area contributed by atoms with Gasteiger partial charge in [-0.05, 0) is 28.7 Å². The van der Waals surface area contributed by atoms with Crippen LogP contribution in [0.25, 0.3) is 0 Å². The predicted molar refractivity (Wildman–Crippen MR) is 56.1 cm³/mol. The number of pyridine rings is 1. The molecule has 0 aliphatic rings. The lowest BCUT2D eigenvalue weighted by molar-refractivity contribution is 0.0933. The number of aromatic nitrogens is 1. The first-order chi connectivity index (χ1) is 6.04. The second-order valence-electron chi connectivity index (χ2n) is 2.98. The monoisotopic (exact) mass is 293 g/mol. The Labute approximate surface area is 89.7 Å². The number of hydrogen-bond acceptors (Lipinski definition) is 2. The smallest absolute Gasteiger partial charge is 0.224 e. The number of ketones is 1. The molecule has 0 saturated carbocycles. The molecule has 70 valence electrons. The summed E-state index contributed by atoms with van der Waals surface area (Å²) in [6.45, 7) is 3.48. The fraction of sp³-hybridized carbons (Fsp3) is 0.333. The standard InChI is InChI=1S/C9H9FINO/c1-5(2)8(13)7-6(11)3-4-12-9(7)10/h3-5H,1-2H3. The summed E-state index contributed by atoms with van der Waals surface area (Å²) in [5.74, 6) is -1.08. The number of carbonyl (C=O) groups excluding carboxylic acids is 1. The summed E-state index contributed by atoms with van der Waals surface area (Å²) in [4.78, 5) is 15.0. The summed E-state index contributed by atoms with van der Waals surface area (Å²) in [5.41, 5.74) is 0.109. The normalized spacial score (nSPS) is 10.5. The van der Waals surface area contributed by atoms with Crippen molar-refractivity contribution in [3.05, 3.63) is 27.3 Å². The van der Waals surface area contributed by atoms with Crippen molar-refractivity contribution in [2.75, 3.05) is 0 Å². The molecule has 0 radical (unpaired) electrons. The van der Waals surface area contributed by atoms with Gasteiger partial charge in [0.05, 0.1) is 5.56 Å². The van der Waals surface area contributed by atoms with E-state index in [4.69, 9.17) is 0 Å². The first kappa shape index (κ1) is 10.6. The summed E-state index contributed by atoms with van der Waals surface area (Å²) >= 11 is 1.93. The van der Waals surface area contributed by atoms with Gasteiger partial charge in [-0.2, -0.15) is 4.39 Å². The number of carbonyl (C=O) groups is 1. The van der Waals surface area contributed by atoms with Crippen LogP contribution in [0.5, 0.6) is 0 Å². The van der Waals surface area contributed by atoms with E-state index >= 15 is 0 Å². The molecule has 1 aromatic rings. The van der Waals surface area contributed by atoms with Crippen LogP contribution in [0.15, 0.2) is 12.3 Å². The van der Waals surface area contributed by atoms with Gasteiger partial charge in [0.1, 0.15) is 0 Å². The maximum absolute atomic E-state index is 13.1. The molecule has 0 atom stereocenters. The maximum Gasteiger partial charge on any atom is 0.224 e. The van der Waals surface area contributed by atoms with Gasteiger partial charge in [-0.1, -0.05) is 13.8 Å². The highest BCUT2D eigenvalue weighted by atomic mass is 127. The minimum absolute atomic E-state index is 0.109. The quantitative estimate of drug-likeness (QED) is 0.477. The van der Waals surface area contributed by atoms with Crippen LogP contribution < -0.4 is 0 Å². The van der Waals surface area contributed by atoms with Crippen molar-refractivity contribution in [3.8, 4) is 0 Å². The molecule has 1 heterocycles. The van der Waals surface area contributed by atoms with Crippen molar-refractivity contribution >= 4 is 28.4 Å². The Morgan fingerprint density at radius 2 is 2.23 bits per heavy atom. The average molecular weight is 293 g/mol. The second kappa shape index (κ2) is 4.13. The molecule has 0 spiro atoms. The van der Waals surface area contributed by atoms with E-state index in [1.54, 1.807) is 19.9 Å². The Morgan fingerprint density at radius 3 is 2.69 bits per heavy atom. The number of hydrogen-bond donors (Lipinski definition) is 0. The molecule has 1 rings (SSSR count).